The number of benzene rings is 1. The monoisotopic (exact) mass is 298 g/mol. The van der Waals surface area contributed by atoms with Gasteiger partial charge in [0.05, 0.1) is 17.1 Å². The molecule has 0 aliphatic carbocycles. The summed E-state index contributed by atoms with van der Waals surface area (Å²) in [6.45, 7) is 4.07. The molecule has 2 fully saturated rings. The normalized spacial score (nSPS) is 22.0. The first-order valence-corrected chi connectivity index (χ1v) is 8.14. The highest BCUT2D eigenvalue weighted by molar-refractivity contribution is 5.81. The molecule has 0 spiro atoms. The number of aromatic nitrogens is 2. The lowest BCUT2D eigenvalue weighted by Gasteiger charge is -2.25. The molecule has 0 N–H and O–H groups in total. The maximum absolute atomic E-state index is 5.51. The van der Waals surface area contributed by atoms with Gasteiger partial charge in [-0.3, -0.25) is 0 Å². The SMILES string of the molecule is COC1CCN(c2nc3ccccc3nc2N2CCCC2)C1. The first-order chi connectivity index (χ1) is 10.8. The van der Waals surface area contributed by atoms with Gasteiger partial charge in [0.15, 0.2) is 11.6 Å². The maximum Gasteiger partial charge on any atom is 0.172 e. The van der Waals surface area contributed by atoms with Crippen LogP contribution in [-0.2, 0) is 4.74 Å². The van der Waals surface area contributed by atoms with Gasteiger partial charge in [0.2, 0.25) is 0 Å². The molecule has 5 heteroatoms. The summed E-state index contributed by atoms with van der Waals surface area (Å²) in [7, 11) is 1.79. The number of hydrogen-bond donors (Lipinski definition) is 0. The molecule has 2 aromatic rings. The zero-order valence-electron chi connectivity index (χ0n) is 13.0. The molecule has 3 heterocycles. The highest BCUT2D eigenvalue weighted by Crippen LogP contribution is 2.32. The van der Waals surface area contributed by atoms with Gasteiger partial charge in [0.1, 0.15) is 0 Å². The minimum atomic E-state index is 0.305. The number of para-hydroxylation sites is 2. The van der Waals surface area contributed by atoms with Crippen molar-refractivity contribution in [2.24, 2.45) is 0 Å². The Hall–Kier alpha value is -1.88. The van der Waals surface area contributed by atoms with Gasteiger partial charge < -0.3 is 14.5 Å². The van der Waals surface area contributed by atoms with Crippen molar-refractivity contribution in [1.82, 2.24) is 9.97 Å². The van der Waals surface area contributed by atoms with Gasteiger partial charge >= 0.3 is 0 Å². The Bertz CT molecular complexity index is 669. The minimum Gasteiger partial charge on any atom is -0.380 e. The van der Waals surface area contributed by atoms with E-state index in [9.17, 15) is 0 Å². The summed E-state index contributed by atoms with van der Waals surface area (Å²) >= 11 is 0. The van der Waals surface area contributed by atoms with E-state index in [0.717, 1.165) is 55.3 Å². The molecule has 5 nitrogen and oxygen atoms in total. The molecule has 2 aliphatic rings. The average Bonchev–Trinajstić information content (AvgIpc) is 3.25. The van der Waals surface area contributed by atoms with Crippen LogP contribution in [0.5, 0.6) is 0 Å². The molecule has 1 atom stereocenters. The number of ether oxygens (including phenoxy) is 1. The summed E-state index contributed by atoms with van der Waals surface area (Å²) in [6, 6.07) is 8.15. The number of rotatable bonds is 3. The van der Waals surface area contributed by atoms with Crippen molar-refractivity contribution >= 4 is 22.7 Å². The first-order valence-electron chi connectivity index (χ1n) is 8.14. The molecule has 0 saturated carbocycles. The molecule has 0 radical (unpaired) electrons. The van der Waals surface area contributed by atoms with Crippen LogP contribution in [-0.4, -0.2) is 49.4 Å². The van der Waals surface area contributed by atoms with Crippen molar-refractivity contribution in [1.29, 1.82) is 0 Å². The van der Waals surface area contributed by atoms with Crippen molar-refractivity contribution in [3.8, 4) is 0 Å². The predicted octanol–water partition coefficient (Wildman–Crippen LogP) is 2.46. The van der Waals surface area contributed by atoms with Crippen molar-refractivity contribution in [2.75, 3.05) is 43.1 Å². The Balaban J connectivity index is 1.78. The Labute approximate surface area is 130 Å². The maximum atomic E-state index is 5.51. The summed E-state index contributed by atoms with van der Waals surface area (Å²) in [5, 5.41) is 0. The molecule has 1 unspecified atom stereocenters. The Morgan fingerprint density at radius 2 is 1.59 bits per heavy atom. The first kappa shape index (κ1) is 13.8. The third-order valence-corrected chi connectivity index (χ3v) is 4.72. The van der Waals surface area contributed by atoms with Crippen LogP contribution in [0.3, 0.4) is 0 Å². The second-order valence-electron chi connectivity index (χ2n) is 6.15. The zero-order valence-corrected chi connectivity index (χ0v) is 13.0. The van der Waals surface area contributed by atoms with E-state index in [1.54, 1.807) is 7.11 Å². The molecule has 116 valence electrons. The number of hydrogen-bond acceptors (Lipinski definition) is 5. The second kappa shape index (κ2) is 5.72. The van der Waals surface area contributed by atoms with Crippen LogP contribution in [0, 0.1) is 0 Å². The van der Waals surface area contributed by atoms with E-state index in [-0.39, 0.29) is 0 Å². The average molecular weight is 298 g/mol. The van der Waals surface area contributed by atoms with E-state index < -0.39 is 0 Å². The number of nitrogens with zero attached hydrogens (tertiary/aromatic N) is 4. The van der Waals surface area contributed by atoms with Gasteiger partial charge in [-0.15, -0.1) is 0 Å². The van der Waals surface area contributed by atoms with Crippen LogP contribution >= 0.6 is 0 Å². The zero-order chi connectivity index (χ0) is 14.9. The minimum absolute atomic E-state index is 0.305. The van der Waals surface area contributed by atoms with Gasteiger partial charge in [-0.25, -0.2) is 9.97 Å². The molecular formula is C17H22N4O. The molecule has 0 amide bonds. The van der Waals surface area contributed by atoms with Gasteiger partial charge in [-0.05, 0) is 31.4 Å². The standard InChI is InChI=1S/C17H22N4O/c1-22-13-8-11-21(12-13)17-16(20-9-4-5-10-20)18-14-6-2-3-7-15(14)19-17/h2-3,6-7,13H,4-5,8-12H2,1H3. The highest BCUT2D eigenvalue weighted by Gasteiger charge is 2.28. The lowest BCUT2D eigenvalue weighted by atomic mass is 10.3. The third kappa shape index (κ3) is 2.39. The Morgan fingerprint density at radius 3 is 2.18 bits per heavy atom. The van der Waals surface area contributed by atoms with Crippen molar-refractivity contribution in [3.63, 3.8) is 0 Å². The summed E-state index contributed by atoms with van der Waals surface area (Å²) in [5.74, 6) is 2.08. The second-order valence-corrected chi connectivity index (χ2v) is 6.15. The summed E-state index contributed by atoms with van der Waals surface area (Å²) in [4.78, 5) is 14.6. The van der Waals surface area contributed by atoms with E-state index >= 15 is 0 Å². The smallest absolute Gasteiger partial charge is 0.172 e. The fourth-order valence-electron chi connectivity index (χ4n) is 3.45. The molecule has 2 saturated heterocycles. The number of anilines is 2. The topological polar surface area (TPSA) is 41.5 Å². The molecule has 22 heavy (non-hydrogen) atoms. The molecule has 0 bridgehead atoms. The number of fused-ring (bicyclic) bond motifs is 1. The van der Waals surface area contributed by atoms with Gasteiger partial charge in [0, 0.05) is 33.3 Å². The van der Waals surface area contributed by atoms with Crippen LogP contribution in [0.4, 0.5) is 11.6 Å². The van der Waals surface area contributed by atoms with Crippen LogP contribution in [0.25, 0.3) is 11.0 Å². The highest BCUT2D eigenvalue weighted by atomic mass is 16.5. The fourth-order valence-corrected chi connectivity index (χ4v) is 3.45. The Morgan fingerprint density at radius 1 is 0.955 bits per heavy atom. The molecular weight excluding hydrogens is 276 g/mol. The van der Waals surface area contributed by atoms with E-state index in [0.29, 0.717) is 6.10 Å². The lowest BCUT2D eigenvalue weighted by Crippen LogP contribution is -2.28. The molecule has 2 aliphatic heterocycles. The van der Waals surface area contributed by atoms with E-state index in [1.165, 1.54) is 12.8 Å². The van der Waals surface area contributed by atoms with Crippen molar-refractivity contribution < 1.29 is 4.74 Å². The van der Waals surface area contributed by atoms with Crippen LogP contribution in [0.15, 0.2) is 24.3 Å². The van der Waals surface area contributed by atoms with Gasteiger partial charge in [0.25, 0.3) is 0 Å². The quantitative estimate of drug-likeness (QED) is 0.870. The predicted molar refractivity (Wildman–Crippen MR) is 88.6 cm³/mol. The fraction of sp³-hybridized carbons (Fsp3) is 0.529. The largest absolute Gasteiger partial charge is 0.380 e. The lowest BCUT2D eigenvalue weighted by molar-refractivity contribution is 0.121. The number of methoxy groups -OCH3 is 1. The molecule has 1 aromatic heterocycles. The van der Waals surface area contributed by atoms with Crippen LogP contribution in [0.2, 0.25) is 0 Å². The van der Waals surface area contributed by atoms with Gasteiger partial charge in [-0.1, -0.05) is 12.1 Å². The van der Waals surface area contributed by atoms with Gasteiger partial charge in [-0.2, -0.15) is 0 Å². The van der Waals surface area contributed by atoms with Crippen LogP contribution in [0.1, 0.15) is 19.3 Å². The Kier molecular flexibility index (Phi) is 3.58. The van der Waals surface area contributed by atoms with Crippen LogP contribution < -0.4 is 9.80 Å². The molecule has 1 aromatic carbocycles. The van der Waals surface area contributed by atoms with Crippen molar-refractivity contribution in [2.45, 2.75) is 25.4 Å². The summed E-state index contributed by atoms with van der Waals surface area (Å²) < 4.78 is 5.51. The summed E-state index contributed by atoms with van der Waals surface area (Å²) in [6.07, 6.45) is 3.85. The van der Waals surface area contributed by atoms with Crippen molar-refractivity contribution in [3.05, 3.63) is 24.3 Å². The van der Waals surface area contributed by atoms with E-state index in [1.807, 2.05) is 24.3 Å². The summed E-state index contributed by atoms with van der Waals surface area (Å²) in [5.41, 5.74) is 1.96. The van der Waals surface area contributed by atoms with E-state index in [4.69, 9.17) is 14.7 Å². The third-order valence-electron chi connectivity index (χ3n) is 4.72. The molecule has 4 rings (SSSR count). The van der Waals surface area contributed by atoms with E-state index in [2.05, 4.69) is 9.80 Å².